The van der Waals surface area contributed by atoms with Crippen LogP contribution in [0.1, 0.15) is 16.8 Å². The van der Waals surface area contributed by atoms with E-state index in [-0.39, 0.29) is 16.0 Å². The summed E-state index contributed by atoms with van der Waals surface area (Å²) in [6.45, 7) is 3.38. The van der Waals surface area contributed by atoms with Crippen molar-refractivity contribution in [3.63, 3.8) is 0 Å². The zero-order valence-corrected chi connectivity index (χ0v) is 11.4. The Kier molecular flexibility index (Phi) is 3.64. The van der Waals surface area contributed by atoms with Gasteiger partial charge >= 0.3 is 6.18 Å². The molecule has 1 aromatic carbocycles. The summed E-state index contributed by atoms with van der Waals surface area (Å²) in [5, 5.41) is 0. The molecule has 0 fully saturated rings. The first-order valence-corrected chi connectivity index (χ1v) is 6.05. The Hall–Kier alpha value is -1.76. The van der Waals surface area contributed by atoms with Crippen LogP contribution in [0.2, 0.25) is 0 Å². The molecule has 0 bridgehead atoms. The van der Waals surface area contributed by atoms with Gasteiger partial charge in [-0.1, -0.05) is 12.2 Å². The number of aromatic nitrogens is 2. The van der Waals surface area contributed by atoms with Crippen LogP contribution in [-0.2, 0) is 6.18 Å². The highest BCUT2D eigenvalue weighted by atomic mass is 32.1. The predicted molar refractivity (Wildman–Crippen MR) is 69.3 cm³/mol. The number of rotatable bonds is 1. The molecule has 0 saturated heterocycles. The second kappa shape index (κ2) is 4.97. The van der Waals surface area contributed by atoms with Crippen LogP contribution in [0.4, 0.5) is 17.6 Å². The molecule has 1 N–H and O–H groups in total. The first-order chi connectivity index (χ1) is 9.20. The number of aromatic amines is 1. The van der Waals surface area contributed by atoms with Crippen LogP contribution < -0.4 is 0 Å². The Morgan fingerprint density at radius 2 is 1.85 bits per heavy atom. The molecule has 0 aliphatic rings. The van der Waals surface area contributed by atoms with E-state index in [1.54, 1.807) is 13.8 Å². The van der Waals surface area contributed by atoms with E-state index >= 15 is 0 Å². The molecular weight excluding hydrogens is 292 g/mol. The van der Waals surface area contributed by atoms with E-state index < -0.39 is 17.6 Å². The average Bonchev–Trinajstić information content (AvgIpc) is 2.33. The van der Waals surface area contributed by atoms with Crippen molar-refractivity contribution in [2.45, 2.75) is 20.0 Å². The standard InChI is InChI=1S/C13H10F4N2S/c1-6-7(2)18-11(19-12(6)20)9-5-8(14)3-4-10(9)13(15,16)17/h3-5H,1-2H3,(H,18,19,20). The van der Waals surface area contributed by atoms with Crippen molar-refractivity contribution < 1.29 is 17.6 Å². The van der Waals surface area contributed by atoms with Crippen LogP contribution in [0.15, 0.2) is 18.2 Å². The minimum atomic E-state index is -4.60. The van der Waals surface area contributed by atoms with Gasteiger partial charge in [0.05, 0.1) is 5.56 Å². The molecule has 1 aromatic heterocycles. The smallest absolute Gasteiger partial charge is 0.343 e. The van der Waals surface area contributed by atoms with Gasteiger partial charge in [0.25, 0.3) is 0 Å². The van der Waals surface area contributed by atoms with Gasteiger partial charge in [-0.3, -0.25) is 0 Å². The lowest BCUT2D eigenvalue weighted by Gasteiger charge is -2.13. The number of alkyl halides is 3. The van der Waals surface area contributed by atoms with E-state index in [0.717, 1.165) is 12.1 Å². The van der Waals surface area contributed by atoms with Gasteiger partial charge in [0, 0.05) is 16.8 Å². The van der Waals surface area contributed by atoms with Crippen LogP contribution in [0.5, 0.6) is 0 Å². The number of benzene rings is 1. The van der Waals surface area contributed by atoms with Gasteiger partial charge in [0.2, 0.25) is 0 Å². The maximum absolute atomic E-state index is 13.3. The Labute approximate surface area is 117 Å². The van der Waals surface area contributed by atoms with Gasteiger partial charge in [-0.15, -0.1) is 0 Å². The van der Waals surface area contributed by atoms with Gasteiger partial charge in [0.1, 0.15) is 16.3 Å². The van der Waals surface area contributed by atoms with Gasteiger partial charge < -0.3 is 4.98 Å². The summed E-state index contributed by atoms with van der Waals surface area (Å²) >= 11 is 4.99. The van der Waals surface area contributed by atoms with Gasteiger partial charge in [-0.05, 0) is 32.0 Å². The van der Waals surface area contributed by atoms with Crippen molar-refractivity contribution in [2.75, 3.05) is 0 Å². The summed E-state index contributed by atoms with van der Waals surface area (Å²) in [5.74, 6) is -0.864. The maximum atomic E-state index is 13.3. The van der Waals surface area contributed by atoms with Gasteiger partial charge in [-0.25, -0.2) is 9.37 Å². The van der Waals surface area contributed by atoms with E-state index in [1.807, 2.05) is 0 Å². The minimum Gasteiger partial charge on any atom is -0.343 e. The summed E-state index contributed by atoms with van der Waals surface area (Å²) < 4.78 is 52.3. The SMILES string of the molecule is Cc1[nH]c(-c2cc(F)ccc2C(F)(F)F)nc(=S)c1C. The van der Waals surface area contributed by atoms with E-state index in [2.05, 4.69) is 9.97 Å². The number of hydrogen-bond donors (Lipinski definition) is 1. The zero-order chi connectivity index (χ0) is 15.1. The fraction of sp³-hybridized carbons (Fsp3) is 0.231. The van der Waals surface area contributed by atoms with Crippen LogP contribution in [0, 0.1) is 24.3 Å². The Bertz CT molecular complexity index is 719. The highest BCUT2D eigenvalue weighted by Crippen LogP contribution is 2.36. The second-order valence-electron chi connectivity index (χ2n) is 4.33. The molecule has 0 saturated carbocycles. The highest BCUT2D eigenvalue weighted by Gasteiger charge is 2.34. The molecule has 2 rings (SSSR count). The van der Waals surface area contributed by atoms with Gasteiger partial charge in [0.15, 0.2) is 0 Å². The lowest BCUT2D eigenvalue weighted by atomic mass is 10.1. The molecule has 0 unspecified atom stereocenters. The Morgan fingerprint density at radius 3 is 2.40 bits per heavy atom. The Balaban J connectivity index is 2.75. The predicted octanol–water partition coefficient (Wildman–Crippen LogP) is 4.58. The number of halogens is 4. The lowest BCUT2D eigenvalue weighted by molar-refractivity contribution is -0.137. The molecule has 1 heterocycles. The molecule has 2 aromatic rings. The topological polar surface area (TPSA) is 28.7 Å². The molecular formula is C13H10F4N2S. The summed E-state index contributed by atoms with van der Waals surface area (Å²) in [6, 6.07) is 2.26. The molecule has 0 amide bonds. The molecule has 0 radical (unpaired) electrons. The van der Waals surface area contributed by atoms with Crippen molar-refractivity contribution >= 4 is 12.2 Å². The monoisotopic (exact) mass is 302 g/mol. The highest BCUT2D eigenvalue weighted by molar-refractivity contribution is 7.71. The summed E-state index contributed by atoms with van der Waals surface area (Å²) in [7, 11) is 0. The van der Waals surface area contributed by atoms with E-state index in [9.17, 15) is 17.6 Å². The minimum absolute atomic E-state index is 0.0927. The molecule has 106 valence electrons. The number of nitrogens with zero attached hydrogens (tertiary/aromatic N) is 1. The molecule has 2 nitrogen and oxygen atoms in total. The zero-order valence-electron chi connectivity index (χ0n) is 10.6. The van der Waals surface area contributed by atoms with Crippen molar-refractivity contribution in [3.8, 4) is 11.4 Å². The third-order valence-electron chi connectivity index (χ3n) is 2.94. The summed E-state index contributed by atoms with van der Waals surface area (Å²) in [6.07, 6.45) is -4.60. The average molecular weight is 302 g/mol. The summed E-state index contributed by atoms with van der Waals surface area (Å²) in [5.41, 5.74) is -0.0434. The third kappa shape index (κ3) is 2.72. The van der Waals surface area contributed by atoms with Gasteiger partial charge in [-0.2, -0.15) is 13.2 Å². The van der Waals surface area contributed by atoms with Crippen LogP contribution >= 0.6 is 12.2 Å². The van der Waals surface area contributed by atoms with Crippen LogP contribution in [0.25, 0.3) is 11.4 Å². The van der Waals surface area contributed by atoms with E-state index in [4.69, 9.17) is 12.2 Å². The van der Waals surface area contributed by atoms with E-state index in [0.29, 0.717) is 17.3 Å². The first kappa shape index (κ1) is 14.6. The number of H-pyrrole nitrogens is 1. The third-order valence-corrected chi connectivity index (χ3v) is 3.34. The maximum Gasteiger partial charge on any atom is 0.417 e. The molecule has 0 aliphatic carbocycles. The normalized spacial score (nSPS) is 11.7. The van der Waals surface area contributed by atoms with Crippen molar-refractivity contribution in [3.05, 3.63) is 45.5 Å². The van der Waals surface area contributed by atoms with E-state index in [1.165, 1.54) is 0 Å². The fourth-order valence-corrected chi connectivity index (χ4v) is 1.98. The number of nitrogens with one attached hydrogen (secondary N) is 1. The fourth-order valence-electron chi connectivity index (χ4n) is 1.73. The lowest BCUT2D eigenvalue weighted by Crippen LogP contribution is -2.09. The first-order valence-electron chi connectivity index (χ1n) is 5.65. The number of aryl methyl sites for hydroxylation is 1. The molecule has 20 heavy (non-hydrogen) atoms. The molecule has 0 spiro atoms. The largest absolute Gasteiger partial charge is 0.417 e. The second-order valence-corrected chi connectivity index (χ2v) is 4.71. The van der Waals surface area contributed by atoms with Crippen molar-refractivity contribution in [1.29, 1.82) is 0 Å². The number of hydrogen-bond acceptors (Lipinski definition) is 2. The molecule has 7 heteroatoms. The van der Waals surface area contributed by atoms with Crippen molar-refractivity contribution in [2.24, 2.45) is 0 Å². The Morgan fingerprint density at radius 1 is 1.20 bits per heavy atom. The van der Waals surface area contributed by atoms with Crippen molar-refractivity contribution in [1.82, 2.24) is 9.97 Å². The molecule has 0 aliphatic heterocycles. The van der Waals surface area contributed by atoms with Crippen LogP contribution in [0.3, 0.4) is 0 Å². The molecule has 0 atom stereocenters. The van der Waals surface area contributed by atoms with Crippen LogP contribution in [-0.4, -0.2) is 9.97 Å². The summed E-state index contributed by atoms with van der Waals surface area (Å²) in [4.78, 5) is 6.64. The quantitative estimate of drug-likeness (QED) is 0.617.